The smallest absolute Gasteiger partial charge is 0.250 e. The van der Waals surface area contributed by atoms with Gasteiger partial charge in [0.15, 0.2) is 0 Å². The van der Waals surface area contributed by atoms with Crippen molar-refractivity contribution in [3.8, 4) is 11.5 Å². The first-order valence-electron chi connectivity index (χ1n) is 6.78. The number of hydrogen-bond acceptors (Lipinski definition) is 5. The van der Waals surface area contributed by atoms with Gasteiger partial charge in [-0.1, -0.05) is 12.1 Å². The van der Waals surface area contributed by atoms with E-state index >= 15 is 0 Å². The maximum atomic E-state index is 5.29. The quantitative estimate of drug-likeness (QED) is 0.683. The lowest BCUT2D eigenvalue weighted by atomic mass is 10.3. The summed E-state index contributed by atoms with van der Waals surface area (Å²) in [5.74, 6) is 1.86. The van der Waals surface area contributed by atoms with Crippen LogP contribution >= 0.6 is 0 Å². The standard InChI is InChI=1S/C16H16N4O2/c1-20-14-7-5-4-6-12(14)17-16(20)19-18-13-10-11(21-2)8-9-15(13)22-3/h4-10H,1-3H3. The summed E-state index contributed by atoms with van der Waals surface area (Å²) in [5.41, 5.74) is 2.49. The SMILES string of the molecule is COc1ccc(OC)c(N=Nc2nc3ccccc3n2C)c1. The molecule has 0 fully saturated rings. The van der Waals surface area contributed by atoms with Crippen LogP contribution in [0.4, 0.5) is 11.6 Å². The maximum Gasteiger partial charge on any atom is 0.250 e. The Bertz CT molecular complexity index is 839. The van der Waals surface area contributed by atoms with Gasteiger partial charge in [-0.05, 0) is 24.3 Å². The first kappa shape index (κ1) is 14.1. The van der Waals surface area contributed by atoms with E-state index in [2.05, 4.69) is 15.2 Å². The molecule has 0 N–H and O–H groups in total. The van der Waals surface area contributed by atoms with Crippen LogP contribution in [0.3, 0.4) is 0 Å². The summed E-state index contributed by atoms with van der Waals surface area (Å²) in [7, 11) is 5.11. The Morgan fingerprint density at radius 2 is 1.82 bits per heavy atom. The van der Waals surface area contributed by atoms with Crippen molar-refractivity contribution in [3.63, 3.8) is 0 Å². The number of rotatable bonds is 4. The van der Waals surface area contributed by atoms with Crippen LogP contribution < -0.4 is 9.47 Å². The van der Waals surface area contributed by atoms with Gasteiger partial charge in [0.25, 0.3) is 0 Å². The molecule has 0 atom stereocenters. The van der Waals surface area contributed by atoms with E-state index in [1.807, 2.05) is 41.9 Å². The van der Waals surface area contributed by atoms with Crippen molar-refractivity contribution in [2.45, 2.75) is 0 Å². The van der Waals surface area contributed by atoms with Crippen LogP contribution in [0.5, 0.6) is 11.5 Å². The molecule has 6 nitrogen and oxygen atoms in total. The zero-order chi connectivity index (χ0) is 15.5. The summed E-state index contributed by atoms with van der Waals surface area (Å²) in [6, 6.07) is 13.2. The van der Waals surface area contributed by atoms with Crippen molar-refractivity contribution in [3.05, 3.63) is 42.5 Å². The lowest BCUT2D eigenvalue weighted by Gasteiger charge is -2.05. The zero-order valence-corrected chi connectivity index (χ0v) is 12.6. The lowest BCUT2D eigenvalue weighted by Crippen LogP contribution is -1.87. The number of imidazole rings is 1. The summed E-state index contributed by atoms with van der Waals surface area (Å²) in [5, 5.41) is 8.49. The van der Waals surface area contributed by atoms with E-state index in [1.54, 1.807) is 26.4 Å². The molecule has 2 aromatic carbocycles. The molecule has 22 heavy (non-hydrogen) atoms. The van der Waals surface area contributed by atoms with E-state index in [9.17, 15) is 0 Å². The van der Waals surface area contributed by atoms with Crippen LogP contribution in [-0.4, -0.2) is 23.8 Å². The number of ether oxygens (including phenoxy) is 2. The number of azo groups is 1. The van der Waals surface area contributed by atoms with Crippen molar-refractivity contribution in [2.75, 3.05) is 14.2 Å². The van der Waals surface area contributed by atoms with E-state index in [1.165, 1.54) is 0 Å². The molecule has 1 aromatic heterocycles. The number of aryl methyl sites for hydroxylation is 1. The molecule has 0 bridgehead atoms. The number of benzene rings is 2. The highest BCUT2D eigenvalue weighted by atomic mass is 16.5. The molecule has 6 heteroatoms. The molecule has 1 heterocycles. The highest BCUT2D eigenvalue weighted by Crippen LogP contribution is 2.33. The van der Waals surface area contributed by atoms with Gasteiger partial charge in [-0.15, -0.1) is 10.2 Å². The summed E-state index contributed by atoms with van der Waals surface area (Å²) in [6.45, 7) is 0. The van der Waals surface area contributed by atoms with Crippen LogP contribution in [0.1, 0.15) is 0 Å². The van der Waals surface area contributed by atoms with Crippen molar-refractivity contribution < 1.29 is 9.47 Å². The normalized spacial score (nSPS) is 11.2. The van der Waals surface area contributed by atoms with E-state index in [4.69, 9.17) is 9.47 Å². The van der Waals surface area contributed by atoms with Gasteiger partial charge in [-0.2, -0.15) is 0 Å². The van der Waals surface area contributed by atoms with Crippen molar-refractivity contribution in [2.24, 2.45) is 17.3 Å². The lowest BCUT2D eigenvalue weighted by molar-refractivity contribution is 0.404. The van der Waals surface area contributed by atoms with E-state index < -0.39 is 0 Å². The number of fused-ring (bicyclic) bond motifs is 1. The van der Waals surface area contributed by atoms with Crippen LogP contribution in [0, 0.1) is 0 Å². The van der Waals surface area contributed by atoms with Crippen LogP contribution in [0.25, 0.3) is 11.0 Å². The molecule has 0 saturated carbocycles. The van der Waals surface area contributed by atoms with Crippen LogP contribution in [0.15, 0.2) is 52.7 Å². The van der Waals surface area contributed by atoms with Gasteiger partial charge in [0.05, 0.1) is 25.3 Å². The third-order valence-electron chi connectivity index (χ3n) is 3.40. The average molecular weight is 296 g/mol. The summed E-state index contributed by atoms with van der Waals surface area (Å²) >= 11 is 0. The predicted octanol–water partition coefficient (Wildman–Crippen LogP) is 4.01. The zero-order valence-electron chi connectivity index (χ0n) is 12.6. The molecule has 0 amide bonds. The maximum absolute atomic E-state index is 5.29. The fraction of sp³-hybridized carbons (Fsp3) is 0.188. The Balaban J connectivity index is 2.00. The number of nitrogens with zero attached hydrogens (tertiary/aromatic N) is 4. The van der Waals surface area contributed by atoms with Crippen molar-refractivity contribution in [1.82, 2.24) is 9.55 Å². The van der Waals surface area contributed by atoms with Gasteiger partial charge in [-0.25, -0.2) is 4.98 Å². The van der Waals surface area contributed by atoms with Gasteiger partial charge in [0.2, 0.25) is 5.95 Å². The highest BCUT2D eigenvalue weighted by Gasteiger charge is 2.08. The van der Waals surface area contributed by atoms with Crippen LogP contribution in [-0.2, 0) is 7.05 Å². The second-order valence-corrected chi connectivity index (χ2v) is 4.70. The van der Waals surface area contributed by atoms with Crippen LogP contribution in [0.2, 0.25) is 0 Å². The molecule has 3 rings (SSSR count). The summed E-state index contributed by atoms with van der Waals surface area (Å²) < 4.78 is 12.4. The molecule has 3 aromatic rings. The molecule has 0 aliphatic heterocycles. The Labute approximate surface area is 128 Å². The number of para-hydroxylation sites is 2. The fourth-order valence-electron chi connectivity index (χ4n) is 2.20. The van der Waals surface area contributed by atoms with Gasteiger partial charge in [0.1, 0.15) is 17.2 Å². The molecular weight excluding hydrogens is 280 g/mol. The highest BCUT2D eigenvalue weighted by molar-refractivity contribution is 5.77. The predicted molar refractivity (Wildman–Crippen MR) is 84.4 cm³/mol. The van der Waals surface area contributed by atoms with Crippen molar-refractivity contribution >= 4 is 22.7 Å². The molecule has 112 valence electrons. The Kier molecular flexibility index (Phi) is 3.74. The minimum Gasteiger partial charge on any atom is -0.497 e. The van der Waals surface area contributed by atoms with Gasteiger partial charge in [-0.3, -0.25) is 0 Å². The number of methoxy groups -OCH3 is 2. The molecule has 0 unspecified atom stereocenters. The fourth-order valence-corrected chi connectivity index (χ4v) is 2.20. The second-order valence-electron chi connectivity index (χ2n) is 4.70. The molecule has 0 spiro atoms. The topological polar surface area (TPSA) is 61.0 Å². The minimum atomic E-state index is 0.533. The van der Waals surface area contributed by atoms with Gasteiger partial charge < -0.3 is 14.0 Å². The van der Waals surface area contributed by atoms with Crippen molar-refractivity contribution in [1.29, 1.82) is 0 Å². The third kappa shape index (κ3) is 2.50. The summed E-state index contributed by atoms with van der Waals surface area (Å²) in [4.78, 5) is 4.46. The van der Waals surface area contributed by atoms with E-state index in [0.29, 0.717) is 23.1 Å². The monoisotopic (exact) mass is 296 g/mol. The molecule has 0 radical (unpaired) electrons. The second kappa shape index (κ2) is 5.85. The van der Waals surface area contributed by atoms with E-state index in [0.717, 1.165) is 11.0 Å². The Morgan fingerprint density at radius 1 is 1.00 bits per heavy atom. The number of hydrogen-bond donors (Lipinski definition) is 0. The molecule has 0 saturated heterocycles. The Morgan fingerprint density at radius 3 is 2.55 bits per heavy atom. The third-order valence-corrected chi connectivity index (χ3v) is 3.40. The summed E-state index contributed by atoms with van der Waals surface area (Å²) in [6.07, 6.45) is 0. The first-order chi connectivity index (χ1) is 10.7. The van der Waals surface area contributed by atoms with E-state index in [-0.39, 0.29) is 0 Å². The largest absolute Gasteiger partial charge is 0.497 e. The molecule has 0 aliphatic rings. The van der Waals surface area contributed by atoms with Gasteiger partial charge >= 0.3 is 0 Å². The average Bonchev–Trinajstić information content (AvgIpc) is 2.89. The number of aromatic nitrogens is 2. The Hall–Kier alpha value is -2.89. The molecular formula is C16H16N4O2. The molecule has 0 aliphatic carbocycles. The first-order valence-corrected chi connectivity index (χ1v) is 6.78. The minimum absolute atomic E-state index is 0.533. The van der Waals surface area contributed by atoms with Gasteiger partial charge in [0, 0.05) is 13.1 Å².